The largest absolute Gasteiger partial charge is 0.299 e. The molecule has 7 heteroatoms. The van der Waals surface area contributed by atoms with Crippen LogP contribution in [0.2, 0.25) is 0 Å². The molecule has 1 aliphatic heterocycles. The smallest absolute Gasteiger partial charge is 0.246 e. The van der Waals surface area contributed by atoms with E-state index in [1.807, 2.05) is 0 Å². The number of aromatic nitrogens is 2. The zero-order valence-electron chi connectivity index (χ0n) is 12.7. The number of sulfonamides is 1. The molecule has 1 saturated heterocycles. The van der Waals surface area contributed by atoms with E-state index in [0.29, 0.717) is 28.9 Å². The number of likely N-dealkylation sites (N-methyl/N-ethyl adjacent to an activating group) is 2. The number of likely N-dealkylation sites (tertiary alicyclic amines) is 1. The topological polar surface area (TPSA) is 69.3 Å². The maximum atomic E-state index is 12.7. The summed E-state index contributed by atoms with van der Waals surface area (Å²) in [4.78, 5) is 2.67. The lowest BCUT2D eigenvalue weighted by Crippen LogP contribution is -2.41. The summed E-state index contributed by atoms with van der Waals surface area (Å²) in [6, 6.07) is 0.326. The Morgan fingerprint density at radius 1 is 1.45 bits per heavy atom. The fourth-order valence-corrected chi connectivity index (χ4v) is 4.52. The molecule has 2 heterocycles. The van der Waals surface area contributed by atoms with Crippen LogP contribution >= 0.6 is 0 Å². The van der Waals surface area contributed by atoms with Crippen molar-refractivity contribution in [3.63, 3.8) is 0 Å². The van der Waals surface area contributed by atoms with Crippen LogP contribution in [0.15, 0.2) is 4.90 Å². The highest BCUT2D eigenvalue weighted by Gasteiger charge is 2.31. The molecule has 0 radical (unpaired) electrons. The summed E-state index contributed by atoms with van der Waals surface area (Å²) in [5.41, 5.74) is 1.14. The van der Waals surface area contributed by atoms with Gasteiger partial charge in [0.2, 0.25) is 10.0 Å². The number of hydrogen-bond donors (Lipinski definition) is 1. The second kappa shape index (κ2) is 5.83. The third-order valence-electron chi connectivity index (χ3n) is 4.10. The molecular formula is C13H24N4O2S. The fraction of sp³-hybridized carbons (Fsp3) is 0.769. The quantitative estimate of drug-likeness (QED) is 0.885. The first-order valence-corrected chi connectivity index (χ1v) is 8.54. The number of aryl methyl sites for hydroxylation is 2. The van der Waals surface area contributed by atoms with Crippen molar-refractivity contribution >= 4 is 10.0 Å². The minimum atomic E-state index is -3.46. The first-order chi connectivity index (χ1) is 9.37. The van der Waals surface area contributed by atoms with Gasteiger partial charge in [0, 0.05) is 19.6 Å². The molecule has 1 aromatic rings. The normalized spacial score (nSPS) is 20.9. The van der Waals surface area contributed by atoms with Crippen molar-refractivity contribution in [2.75, 3.05) is 26.7 Å². The fourth-order valence-electron chi connectivity index (χ4n) is 2.99. The summed E-state index contributed by atoms with van der Waals surface area (Å²) in [6.45, 7) is 8.17. The van der Waals surface area contributed by atoms with Crippen LogP contribution in [0.5, 0.6) is 0 Å². The van der Waals surface area contributed by atoms with Gasteiger partial charge in [-0.1, -0.05) is 6.92 Å². The van der Waals surface area contributed by atoms with Crippen molar-refractivity contribution < 1.29 is 8.42 Å². The Bertz CT molecular complexity index is 547. The molecule has 114 valence electrons. The Hall–Kier alpha value is -0.920. The molecule has 1 unspecified atom stereocenters. The van der Waals surface area contributed by atoms with E-state index in [4.69, 9.17) is 0 Å². The molecule has 1 N–H and O–H groups in total. The van der Waals surface area contributed by atoms with E-state index in [-0.39, 0.29) is 0 Å². The summed E-state index contributed by atoms with van der Waals surface area (Å²) in [6.07, 6.45) is 2.22. The van der Waals surface area contributed by atoms with E-state index < -0.39 is 10.0 Å². The maximum absolute atomic E-state index is 12.7. The molecule has 6 nitrogen and oxygen atoms in total. The van der Waals surface area contributed by atoms with Crippen LogP contribution in [0.25, 0.3) is 0 Å². The van der Waals surface area contributed by atoms with Crippen LogP contribution in [-0.2, 0) is 10.0 Å². The molecule has 0 saturated carbocycles. The van der Waals surface area contributed by atoms with E-state index in [1.54, 1.807) is 20.9 Å². The number of H-pyrrole nitrogens is 1. The first-order valence-electron chi connectivity index (χ1n) is 7.09. The third kappa shape index (κ3) is 2.75. The van der Waals surface area contributed by atoms with Gasteiger partial charge in [0.25, 0.3) is 0 Å². The average Bonchev–Trinajstić information content (AvgIpc) is 2.96. The second-order valence-corrected chi connectivity index (χ2v) is 7.46. The van der Waals surface area contributed by atoms with Gasteiger partial charge in [-0.2, -0.15) is 9.40 Å². The van der Waals surface area contributed by atoms with Crippen molar-refractivity contribution in [3.05, 3.63) is 11.4 Å². The Kier molecular flexibility index (Phi) is 4.51. The van der Waals surface area contributed by atoms with Gasteiger partial charge < -0.3 is 0 Å². The van der Waals surface area contributed by atoms with Gasteiger partial charge in [-0.15, -0.1) is 0 Å². The van der Waals surface area contributed by atoms with Gasteiger partial charge in [-0.05, 0) is 39.8 Å². The molecular weight excluding hydrogens is 276 g/mol. The van der Waals surface area contributed by atoms with Crippen molar-refractivity contribution in [1.82, 2.24) is 19.4 Å². The molecule has 1 aliphatic rings. The van der Waals surface area contributed by atoms with Gasteiger partial charge in [0.05, 0.1) is 11.4 Å². The van der Waals surface area contributed by atoms with Gasteiger partial charge in [-0.25, -0.2) is 8.42 Å². The summed E-state index contributed by atoms with van der Waals surface area (Å²) in [5.74, 6) is 0. The van der Waals surface area contributed by atoms with E-state index in [9.17, 15) is 8.42 Å². The van der Waals surface area contributed by atoms with E-state index >= 15 is 0 Å². The lowest BCUT2D eigenvalue weighted by molar-refractivity contribution is 0.237. The molecule has 0 aliphatic carbocycles. The molecule has 1 fully saturated rings. The zero-order valence-corrected chi connectivity index (χ0v) is 13.5. The minimum absolute atomic E-state index is 0.320. The summed E-state index contributed by atoms with van der Waals surface area (Å²) in [7, 11) is -1.80. The van der Waals surface area contributed by atoms with Gasteiger partial charge in [-0.3, -0.25) is 10.00 Å². The van der Waals surface area contributed by atoms with Crippen LogP contribution in [-0.4, -0.2) is 60.5 Å². The van der Waals surface area contributed by atoms with Gasteiger partial charge in [0.15, 0.2) is 0 Å². The van der Waals surface area contributed by atoms with E-state index in [0.717, 1.165) is 25.9 Å². The monoisotopic (exact) mass is 300 g/mol. The third-order valence-corrected chi connectivity index (χ3v) is 6.19. The zero-order chi connectivity index (χ0) is 14.9. The summed E-state index contributed by atoms with van der Waals surface area (Å²) >= 11 is 0. The van der Waals surface area contributed by atoms with Crippen molar-refractivity contribution in [2.45, 2.75) is 44.6 Å². The van der Waals surface area contributed by atoms with Crippen LogP contribution in [0.1, 0.15) is 31.2 Å². The molecule has 0 aromatic carbocycles. The standard InChI is InChI=1S/C13H24N4O2S/c1-5-17-8-6-7-12(17)9-16(4)20(18,19)13-10(2)14-15-11(13)3/h12H,5-9H2,1-4H3,(H,14,15). The van der Waals surface area contributed by atoms with Crippen LogP contribution in [0.3, 0.4) is 0 Å². The molecule has 0 bridgehead atoms. The molecule has 1 aromatic heterocycles. The lowest BCUT2D eigenvalue weighted by Gasteiger charge is -2.27. The number of hydrogen-bond acceptors (Lipinski definition) is 4. The van der Waals surface area contributed by atoms with Crippen molar-refractivity contribution in [2.24, 2.45) is 0 Å². The number of aromatic amines is 1. The number of nitrogens with zero attached hydrogens (tertiary/aromatic N) is 3. The highest BCUT2D eigenvalue weighted by Crippen LogP contribution is 2.23. The SMILES string of the molecule is CCN1CCCC1CN(C)S(=O)(=O)c1c(C)n[nH]c1C. The second-order valence-electron chi connectivity index (χ2n) is 5.47. The highest BCUT2D eigenvalue weighted by molar-refractivity contribution is 7.89. The molecule has 20 heavy (non-hydrogen) atoms. The Labute approximate surface area is 121 Å². The number of nitrogens with one attached hydrogen (secondary N) is 1. The molecule has 0 spiro atoms. The molecule has 1 atom stereocenters. The minimum Gasteiger partial charge on any atom is -0.299 e. The van der Waals surface area contributed by atoms with Crippen LogP contribution in [0, 0.1) is 13.8 Å². The predicted molar refractivity (Wildman–Crippen MR) is 78.1 cm³/mol. The van der Waals surface area contributed by atoms with Crippen molar-refractivity contribution in [1.29, 1.82) is 0 Å². The van der Waals surface area contributed by atoms with Crippen molar-refractivity contribution in [3.8, 4) is 0 Å². The van der Waals surface area contributed by atoms with E-state index in [2.05, 4.69) is 22.0 Å². The van der Waals surface area contributed by atoms with Crippen LogP contribution < -0.4 is 0 Å². The average molecular weight is 300 g/mol. The molecule has 0 amide bonds. The summed E-state index contributed by atoms with van der Waals surface area (Å²) < 4.78 is 26.8. The Balaban J connectivity index is 2.18. The maximum Gasteiger partial charge on any atom is 0.246 e. The summed E-state index contributed by atoms with van der Waals surface area (Å²) in [5, 5.41) is 6.73. The lowest BCUT2D eigenvalue weighted by atomic mass is 10.2. The van der Waals surface area contributed by atoms with E-state index in [1.165, 1.54) is 4.31 Å². The van der Waals surface area contributed by atoms with Gasteiger partial charge >= 0.3 is 0 Å². The predicted octanol–water partition coefficient (Wildman–Crippen LogP) is 1.13. The first kappa shape index (κ1) is 15.5. The Morgan fingerprint density at radius 3 is 2.70 bits per heavy atom. The highest BCUT2D eigenvalue weighted by atomic mass is 32.2. The van der Waals surface area contributed by atoms with Gasteiger partial charge in [0.1, 0.15) is 4.90 Å². The van der Waals surface area contributed by atoms with Crippen LogP contribution in [0.4, 0.5) is 0 Å². The number of rotatable bonds is 5. The molecule has 2 rings (SSSR count). The Morgan fingerprint density at radius 2 is 2.15 bits per heavy atom.